The van der Waals surface area contributed by atoms with E-state index in [0.717, 1.165) is 29.8 Å². The topological polar surface area (TPSA) is 63.4 Å². The first-order chi connectivity index (χ1) is 15.5. The maximum atomic E-state index is 13.6. The molecule has 5 rings (SSSR count). The van der Waals surface area contributed by atoms with Crippen molar-refractivity contribution in [3.05, 3.63) is 94.1 Å². The summed E-state index contributed by atoms with van der Waals surface area (Å²) in [6.07, 6.45) is 2.09. The van der Waals surface area contributed by atoms with Crippen molar-refractivity contribution < 1.29 is 4.79 Å². The van der Waals surface area contributed by atoms with Gasteiger partial charge in [0.15, 0.2) is 5.82 Å². The molecule has 162 valence electrons. The minimum Gasteiger partial charge on any atom is -0.331 e. The number of nitrogens with zero attached hydrogens (tertiary/aromatic N) is 5. The molecule has 0 spiro atoms. The van der Waals surface area contributed by atoms with Gasteiger partial charge < -0.3 is 4.90 Å². The molecule has 0 fully saturated rings. The maximum absolute atomic E-state index is 13.6. The molecule has 0 saturated heterocycles. The van der Waals surface area contributed by atoms with Crippen molar-refractivity contribution >= 4 is 11.7 Å². The Hall–Kier alpha value is -3.54. The quantitative estimate of drug-likeness (QED) is 0.478. The third-order valence-corrected chi connectivity index (χ3v) is 6.24. The van der Waals surface area contributed by atoms with Crippen LogP contribution in [0.5, 0.6) is 0 Å². The second-order valence-corrected chi connectivity index (χ2v) is 8.72. The van der Waals surface area contributed by atoms with Gasteiger partial charge in [0.1, 0.15) is 0 Å². The van der Waals surface area contributed by atoms with Gasteiger partial charge in [0, 0.05) is 17.9 Å². The number of hydrogen-bond acceptors (Lipinski definition) is 4. The van der Waals surface area contributed by atoms with Gasteiger partial charge >= 0.3 is 0 Å². The molecule has 0 radical (unpaired) electrons. The molecule has 6 nitrogen and oxygen atoms in total. The van der Waals surface area contributed by atoms with Crippen LogP contribution in [0.15, 0.2) is 54.6 Å². The number of amides is 1. The average Bonchev–Trinajstić information content (AvgIpc) is 3.37. The molecule has 0 bridgehead atoms. The van der Waals surface area contributed by atoms with E-state index in [1.807, 2.05) is 24.8 Å². The van der Waals surface area contributed by atoms with Gasteiger partial charge in [0.25, 0.3) is 5.78 Å². The zero-order chi connectivity index (χ0) is 22.2. The van der Waals surface area contributed by atoms with Gasteiger partial charge in [0.2, 0.25) is 5.91 Å². The third-order valence-electron chi connectivity index (χ3n) is 6.24. The number of hydrogen-bond donors (Lipinski definition) is 0. The summed E-state index contributed by atoms with van der Waals surface area (Å²) in [6.45, 7) is 6.56. The van der Waals surface area contributed by atoms with Crippen molar-refractivity contribution in [1.82, 2.24) is 24.5 Å². The Kier molecular flexibility index (Phi) is 5.21. The highest BCUT2D eigenvalue weighted by atomic mass is 16.2. The number of carbonyl (C=O) groups excluding carboxylic acids is 1. The maximum Gasteiger partial charge on any atom is 0.252 e. The smallest absolute Gasteiger partial charge is 0.252 e. The van der Waals surface area contributed by atoms with E-state index in [-0.39, 0.29) is 18.4 Å². The standard InChI is InChI=1S/C26H27N5O/c1-17-8-10-20(11-9-17)16-30(23-13-12-21-6-4-5-7-22(21)23)25(32)15-24-28-26-27-18(2)14-19(3)31(26)29-24/h4-11,14,23H,12-13,15-16H2,1-3H3. The zero-order valence-corrected chi connectivity index (χ0v) is 18.7. The lowest BCUT2D eigenvalue weighted by molar-refractivity contribution is -0.133. The van der Waals surface area contributed by atoms with Gasteiger partial charge in [-0.2, -0.15) is 4.98 Å². The summed E-state index contributed by atoms with van der Waals surface area (Å²) in [5.74, 6) is 1.09. The number of rotatable bonds is 5. The lowest BCUT2D eigenvalue weighted by atomic mass is 10.0. The highest BCUT2D eigenvalue weighted by Crippen LogP contribution is 2.36. The molecule has 32 heavy (non-hydrogen) atoms. The second-order valence-electron chi connectivity index (χ2n) is 8.72. The lowest BCUT2D eigenvalue weighted by Gasteiger charge is -2.30. The predicted octanol–water partition coefficient (Wildman–Crippen LogP) is 4.31. The van der Waals surface area contributed by atoms with Crippen LogP contribution in [0.4, 0.5) is 0 Å². The van der Waals surface area contributed by atoms with Crippen molar-refractivity contribution in [2.24, 2.45) is 0 Å². The summed E-state index contributed by atoms with van der Waals surface area (Å²) in [6, 6.07) is 18.9. The van der Waals surface area contributed by atoms with Crippen molar-refractivity contribution in [3.8, 4) is 0 Å². The fourth-order valence-corrected chi connectivity index (χ4v) is 4.64. The molecule has 0 aliphatic heterocycles. The van der Waals surface area contributed by atoms with Crippen LogP contribution in [0.3, 0.4) is 0 Å². The fourth-order valence-electron chi connectivity index (χ4n) is 4.64. The van der Waals surface area contributed by atoms with E-state index in [4.69, 9.17) is 0 Å². The van der Waals surface area contributed by atoms with Gasteiger partial charge in [-0.3, -0.25) is 4.79 Å². The lowest BCUT2D eigenvalue weighted by Crippen LogP contribution is -2.35. The number of carbonyl (C=O) groups is 1. The van der Waals surface area contributed by atoms with Gasteiger partial charge in [0.05, 0.1) is 12.5 Å². The van der Waals surface area contributed by atoms with Crippen LogP contribution >= 0.6 is 0 Å². The molecule has 2 aromatic carbocycles. The molecule has 2 heterocycles. The first kappa shape index (κ1) is 20.4. The monoisotopic (exact) mass is 425 g/mol. The van der Waals surface area contributed by atoms with E-state index >= 15 is 0 Å². The van der Waals surface area contributed by atoms with Gasteiger partial charge in [-0.1, -0.05) is 54.1 Å². The van der Waals surface area contributed by atoms with Crippen molar-refractivity contribution in [2.45, 2.75) is 52.6 Å². The Morgan fingerprint density at radius 3 is 2.66 bits per heavy atom. The number of aryl methyl sites for hydroxylation is 4. The summed E-state index contributed by atoms with van der Waals surface area (Å²) >= 11 is 0. The Morgan fingerprint density at radius 1 is 1.06 bits per heavy atom. The van der Waals surface area contributed by atoms with Crippen LogP contribution < -0.4 is 0 Å². The van der Waals surface area contributed by atoms with E-state index in [0.29, 0.717) is 18.1 Å². The molecular weight excluding hydrogens is 398 g/mol. The molecule has 1 aliphatic carbocycles. The Labute approximate surface area is 187 Å². The SMILES string of the molecule is Cc1ccc(CN(C(=O)Cc2nc3nc(C)cc(C)n3n2)C2CCc3ccccc32)cc1. The summed E-state index contributed by atoms with van der Waals surface area (Å²) in [4.78, 5) is 24.6. The molecule has 4 aromatic rings. The molecule has 1 amide bonds. The van der Waals surface area contributed by atoms with E-state index in [1.165, 1.54) is 16.7 Å². The number of benzene rings is 2. The average molecular weight is 426 g/mol. The van der Waals surface area contributed by atoms with Gasteiger partial charge in [-0.25, -0.2) is 9.50 Å². The number of aromatic nitrogens is 4. The third kappa shape index (κ3) is 3.88. The van der Waals surface area contributed by atoms with Gasteiger partial charge in [-0.15, -0.1) is 5.10 Å². The second kappa shape index (κ2) is 8.19. The summed E-state index contributed by atoms with van der Waals surface area (Å²) in [5.41, 5.74) is 6.78. The van der Waals surface area contributed by atoms with Crippen molar-refractivity contribution in [3.63, 3.8) is 0 Å². The van der Waals surface area contributed by atoms with Crippen molar-refractivity contribution in [1.29, 1.82) is 0 Å². The summed E-state index contributed by atoms with van der Waals surface area (Å²) < 4.78 is 1.71. The zero-order valence-electron chi connectivity index (χ0n) is 18.7. The predicted molar refractivity (Wildman–Crippen MR) is 123 cm³/mol. The Bertz CT molecular complexity index is 1290. The van der Waals surface area contributed by atoms with Crippen LogP contribution in [0.1, 0.15) is 51.9 Å². The molecule has 2 aromatic heterocycles. The van der Waals surface area contributed by atoms with E-state index in [2.05, 4.69) is 70.5 Å². The summed E-state index contributed by atoms with van der Waals surface area (Å²) in [7, 11) is 0. The molecular formula is C26H27N5O. The molecule has 6 heteroatoms. The normalized spacial score (nSPS) is 15.2. The first-order valence-corrected chi connectivity index (χ1v) is 11.1. The van der Waals surface area contributed by atoms with Crippen LogP contribution in [-0.2, 0) is 24.2 Å². The molecule has 0 saturated carbocycles. The molecule has 0 N–H and O–H groups in total. The van der Waals surface area contributed by atoms with E-state index in [9.17, 15) is 4.79 Å². The summed E-state index contributed by atoms with van der Waals surface area (Å²) in [5, 5.41) is 4.56. The van der Waals surface area contributed by atoms with Crippen LogP contribution in [0, 0.1) is 20.8 Å². The Balaban J connectivity index is 1.46. The first-order valence-electron chi connectivity index (χ1n) is 11.1. The Morgan fingerprint density at radius 2 is 1.84 bits per heavy atom. The van der Waals surface area contributed by atoms with Gasteiger partial charge in [-0.05, 0) is 56.4 Å². The fraction of sp³-hybridized carbons (Fsp3) is 0.308. The number of fused-ring (bicyclic) bond motifs is 2. The van der Waals surface area contributed by atoms with Crippen molar-refractivity contribution in [2.75, 3.05) is 0 Å². The molecule has 1 unspecified atom stereocenters. The largest absolute Gasteiger partial charge is 0.331 e. The molecule has 1 atom stereocenters. The van der Waals surface area contributed by atoms with Crippen LogP contribution in [0.25, 0.3) is 5.78 Å². The van der Waals surface area contributed by atoms with Crippen LogP contribution in [-0.4, -0.2) is 30.4 Å². The van der Waals surface area contributed by atoms with Crippen LogP contribution in [0.2, 0.25) is 0 Å². The minimum atomic E-state index is 0.0394. The van der Waals surface area contributed by atoms with E-state index in [1.54, 1.807) is 4.52 Å². The highest BCUT2D eigenvalue weighted by molar-refractivity contribution is 5.79. The highest BCUT2D eigenvalue weighted by Gasteiger charge is 2.31. The minimum absolute atomic E-state index is 0.0394. The van der Waals surface area contributed by atoms with E-state index < -0.39 is 0 Å². The molecule has 1 aliphatic rings.